The molecule has 2 rings (SSSR count). The highest BCUT2D eigenvalue weighted by Crippen LogP contribution is 2.29. The smallest absolute Gasteiger partial charge is 0.233 e. The Balaban J connectivity index is 2.79. The molecule has 5 nitrogen and oxygen atoms in total. The third-order valence-electron chi connectivity index (χ3n) is 2.52. The average molecular weight is 210 g/mol. The number of hydrogen-bond acceptors (Lipinski definition) is 5. The van der Waals surface area contributed by atoms with Crippen LogP contribution in [0.15, 0.2) is 9.21 Å². The Labute approximate surface area is 85.0 Å². The Morgan fingerprint density at radius 2 is 2.07 bits per heavy atom. The van der Waals surface area contributed by atoms with Crippen molar-refractivity contribution >= 4 is 5.78 Å². The molecule has 1 aliphatic rings. The Morgan fingerprint density at radius 3 is 2.73 bits per heavy atom. The van der Waals surface area contributed by atoms with E-state index in [0.717, 1.165) is 0 Å². The van der Waals surface area contributed by atoms with Crippen molar-refractivity contribution in [1.82, 2.24) is 0 Å². The maximum absolute atomic E-state index is 11.6. The fraction of sp³-hybridized carbons (Fsp3) is 0.400. The van der Waals surface area contributed by atoms with Gasteiger partial charge in [0.1, 0.15) is 5.76 Å². The van der Waals surface area contributed by atoms with Crippen LogP contribution in [0, 0.1) is 6.92 Å². The quantitative estimate of drug-likeness (QED) is 0.656. The van der Waals surface area contributed by atoms with Crippen molar-refractivity contribution in [1.29, 1.82) is 0 Å². The van der Waals surface area contributed by atoms with Crippen LogP contribution in [-0.2, 0) is 0 Å². The lowest BCUT2D eigenvalue weighted by Gasteiger charge is -2.18. The largest absolute Gasteiger partial charge is 0.502 e. The molecule has 0 fully saturated rings. The highest BCUT2D eigenvalue weighted by molar-refractivity contribution is 5.96. The van der Waals surface area contributed by atoms with Crippen molar-refractivity contribution in [2.24, 2.45) is 0 Å². The topological polar surface area (TPSA) is 87.7 Å². The standard InChI is InChI=1S/C10H10O5/c1-4-8(13)9(14)7-5(11)2-3-6(12)10(7)15-4/h5,11,13H,2-3H2,1H3. The van der Waals surface area contributed by atoms with Gasteiger partial charge < -0.3 is 14.6 Å². The molecule has 1 aromatic heterocycles. The van der Waals surface area contributed by atoms with Gasteiger partial charge in [0.2, 0.25) is 11.2 Å². The number of Topliss-reactive ketones (excluding diaryl/α,β-unsaturated/α-hetero) is 1. The lowest BCUT2D eigenvalue weighted by molar-refractivity contribution is 0.0844. The molecular weight excluding hydrogens is 200 g/mol. The summed E-state index contributed by atoms with van der Waals surface area (Å²) in [5.74, 6) is -0.965. The number of aliphatic hydroxyl groups is 1. The molecule has 1 atom stereocenters. The van der Waals surface area contributed by atoms with E-state index in [9.17, 15) is 19.8 Å². The second kappa shape index (κ2) is 3.20. The summed E-state index contributed by atoms with van der Waals surface area (Å²) in [6, 6.07) is 0. The summed E-state index contributed by atoms with van der Waals surface area (Å²) < 4.78 is 5.03. The summed E-state index contributed by atoms with van der Waals surface area (Å²) >= 11 is 0. The summed E-state index contributed by atoms with van der Waals surface area (Å²) in [6.45, 7) is 1.39. The van der Waals surface area contributed by atoms with Crippen molar-refractivity contribution < 1.29 is 19.4 Å². The van der Waals surface area contributed by atoms with Gasteiger partial charge in [0.15, 0.2) is 11.5 Å². The number of carbonyl (C=O) groups is 1. The van der Waals surface area contributed by atoms with Crippen molar-refractivity contribution in [2.45, 2.75) is 25.9 Å². The fourth-order valence-corrected chi connectivity index (χ4v) is 1.68. The van der Waals surface area contributed by atoms with E-state index in [-0.39, 0.29) is 35.7 Å². The van der Waals surface area contributed by atoms with E-state index in [1.807, 2.05) is 0 Å². The van der Waals surface area contributed by atoms with Crippen molar-refractivity contribution in [2.75, 3.05) is 0 Å². The molecule has 0 saturated heterocycles. The number of aryl methyl sites for hydroxylation is 1. The van der Waals surface area contributed by atoms with Crippen LogP contribution in [0.1, 0.15) is 40.8 Å². The Kier molecular flexibility index (Phi) is 2.12. The van der Waals surface area contributed by atoms with Gasteiger partial charge >= 0.3 is 0 Å². The zero-order valence-corrected chi connectivity index (χ0v) is 8.11. The minimum absolute atomic E-state index is 0.00111. The first-order chi connectivity index (χ1) is 7.02. The number of carbonyl (C=O) groups excluding carboxylic acids is 1. The van der Waals surface area contributed by atoms with Crippen LogP contribution in [0.2, 0.25) is 0 Å². The van der Waals surface area contributed by atoms with Crippen LogP contribution < -0.4 is 5.43 Å². The summed E-state index contributed by atoms with van der Waals surface area (Å²) in [4.78, 5) is 23.0. The van der Waals surface area contributed by atoms with E-state index in [1.165, 1.54) is 6.92 Å². The highest BCUT2D eigenvalue weighted by Gasteiger charge is 2.31. The maximum atomic E-state index is 11.6. The first kappa shape index (κ1) is 9.92. The van der Waals surface area contributed by atoms with Crippen LogP contribution in [-0.4, -0.2) is 16.0 Å². The molecule has 0 aliphatic heterocycles. The second-order valence-electron chi connectivity index (χ2n) is 3.56. The Morgan fingerprint density at radius 1 is 1.40 bits per heavy atom. The van der Waals surface area contributed by atoms with E-state index < -0.39 is 17.3 Å². The molecule has 1 heterocycles. The SMILES string of the molecule is Cc1oc2c(c(=O)c1O)C(O)CCC2=O. The highest BCUT2D eigenvalue weighted by atomic mass is 16.4. The maximum Gasteiger partial charge on any atom is 0.233 e. The van der Waals surface area contributed by atoms with Crippen molar-refractivity contribution in [3.05, 3.63) is 27.3 Å². The molecule has 2 N–H and O–H groups in total. The van der Waals surface area contributed by atoms with Gasteiger partial charge in [0, 0.05) is 6.42 Å². The van der Waals surface area contributed by atoms with E-state index in [4.69, 9.17) is 4.42 Å². The van der Waals surface area contributed by atoms with Gasteiger partial charge in [-0.3, -0.25) is 9.59 Å². The second-order valence-corrected chi connectivity index (χ2v) is 3.56. The molecule has 1 aliphatic carbocycles. The van der Waals surface area contributed by atoms with E-state index >= 15 is 0 Å². The molecule has 5 heteroatoms. The number of hydrogen-bond donors (Lipinski definition) is 2. The molecule has 0 radical (unpaired) electrons. The van der Waals surface area contributed by atoms with Gasteiger partial charge in [0.05, 0.1) is 11.7 Å². The monoisotopic (exact) mass is 210 g/mol. The Hall–Kier alpha value is -1.62. The van der Waals surface area contributed by atoms with Crippen LogP contribution in [0.5, 0.6) is 5.75 Å². The van der Waals surface area contributed by atoms with Gasteiger partial charge in [-0.15, -0.1) is 0 Å². The number of aliphatic hydroxyl groups excluding tert-OH is 1. The van der Waals surface area contributed by atoms with E-state index in [0.29, 0.717) is 0 Å². The molecule has 0 bridgehead atoms. The van der Waals surface area contributed by atoms with Gasteiger partial charge in [-0.2, -0.15) is 0 Å². The molecule has 0 spiro atoms. The van der Waals surface area contributed by atoms with Gasteiger partial charge in [0.25, 0.3) is 0 Å². The molecule has 80 valence electrons. The van der Waals surface area contributed by atoms with Crippen LogP contribution in [0.3, 0.4) is 0 Å². The fourth-order valence-electron chi connectivity index (χ4n) is 1.68. The molecule has 15 heavy (non-hydrogen) atoms. The number of ketones is 1. The minimum Gasteiger partial charge on any atom is -0.502 e. The van der Waals surface area contributed by atoms with Gasteiger partial charge in [-0.05, 0) is 13.3 Å². The van der Waals surface area contributed by atoms with E-state index in [1.54, 1.807) is 0 Å². The molecule has 0 amide bonds. The normalized spacial score (nSPS) is 20.1. The minimum atomic E-state index is -1.03. The summed E-state index contributed by atoms with van der Waals surface area (Å²) in [6.07, 6.45) is -0.680. The predicted molar refractivity (Wildman–Crippen MR) is 49.9 cm³/mol. The first-order valence-corrected chi connectivity index (χ1v) is 4.60. The molecule has 1 unspecified atom stereocenters. The molecule has 1 aromatic rings. The zero-order chi connectivity index (χ0) is 11.2. The number of rotatable bonds is 0. The lowest BCUT2D eigenvalue weighted by atomic mass is 9.93. The van der Waals surface area contributed by atoms with Crippen LogP contribution >= 0.6 is 0 Å². The lowest BCUT2D eigenvalue weighted by Crippen LogP contribution is -2.24. The van der Waals surface area contributed by atoms with Gasteiger partial charge in [-0.25, -0.2) is 0 Å². The molecule has 0 aromatic carbocycles. The summed E-state index contributed by atoms with van der Waals surface area (Å²) in [7, 11) is 0. The zero-order valence-electron chi connectivity index (χ0n) is 8.11. The third-order valence-corrected chi connectivity index (χ3v) is 2.52. The Bertz CT molecular complexity index is 485. The molecule has 0 saturated carbocycles. The van der Waals surface area contributed by atoms with Crippen LogP contribution in [0.25, 0.3) is 0 Å². The van der Waals surface area contributed by atoms with Crippen LogP contribution in [0.4, 0.5) is 0 Å². The third kappa shape index (κ3) is 1.35. The number of fused-ring (bicyclic) bond motifs is 1. The predicted octanol–water partition coefficient (Wildman–Crippen LogP) is 0.664. The number of aromatic hydroxyl groups is 1. The van der Waals surface area contributed by atoms with Crippen molar-refractivity contribution in [3.8, 4) is 5.75 Å². The summed E-state index contributed by atoms with van der Waals surface area (Å²) in [5.41, 5.74) is -0.830. The average Bonchev–Trinajstić information content (AvgIpc) is 2.20. The van der Waals surface area contributed by atoms with E-state index in [2.05, 4.69) is 0 Å². The first-order valence-electron chi connectivity index (χ1n) is 4.60. The molecular formula is C10H10O5. The summed E-state index contributed by atoms with van der Waals surface area (Å²) in [5, 5.41) is 18.9. The van der Waals surface area contributed by atoms with Gasteiger partial charge in [-0.1, -0.05) is 0 Å². The van der Waals surface area contributed by atoms with Crippen molar-refractivity contribution in [3.63, 3.8) is 0 Å².